The van der Waals surface area contributed by atoms with Crippen molar-refractivity contribution in [1.29, 1.82) is 0 Å². The van der Waals surface area contributed by atoms with Crippen LogP contribution in [0, 0.1) is 52.0 Å². The molecule has 1 radical (unpaired) electrons. The van der Waals surface area contributed by atoms with Gasteiger partial charge in [0, 0.05) is 82.4 Å². The van der Waals surface area contributed by atoms with Gasteiger partial charge in [-0.05, 0) is 157 Å². The topological polar surface area (TPSA) is 89.0 Å². The summed E-state index contributed by atoms with van der Waals surface area (Å²) in [6, 6.07) is 137. The van der Waals surface area contributed by atoms with Crippen molar-refractivity contribution in [2.75, 3.05) is 0 Å². The number of hydrogen-bond acceptors (Lipinski definition) is 4. The molecule has 0 bridgehead atoms. The minimum Gasteiger partial charge on any atom is -0.512 e. The first-order chi connectivity index (χ1) is 63.6. The van der Waals surface area contributed by atoms with E-state index in [1.165, 1.54) is 197 Å². The van der Waals surface area contributed by atoms with E-state index in [1.807, 2.05) is 80.0 Å². The number of hydrogen-bond donors (Lipinski definition) is 1. The Morgan fingerprint density at radius 2 is 1.02 bits per heavy atom. The van der Waals surface area contributed by atoms with Crippen molar-refractivity contribution in [2.24, 2.45) is 0 Å². The molecule has 9 heterocycles. The summed E-state index contributed by atoms with van der Waals surface area (Å²) in [5.41, 5.74) is 31.5. The van der Waals surface area contributed by atoms with E-state index < -0.39 is 0 Å². The number of rotatable bonds is 6. The van der Waals surface area contributed by atoms with Crippen LogP contribution < -0.4 is 13.7 Å². The van der Waals surface area contributed by atoms with Crippen LogP contribution >= 0.6 is 0 Å². The number of imidazole rings is 3. The molecule has 10 nitrogen and oxygen atoms in total. The Morgan fingerprint density at radius 3 is 1.73 bits per heavy atom. The molecule has 0 saturated heterocycles. The number of nitrogens with zero attached hydrogens (tertiary/aromatic N) is 8. The van der Waals surface area contributed by atoms with Gasteiger partial charge >= 0.3 is 20.1 Å². The van der Waals surface area contributed by atoms with Gasteiger partial charge in [0.05, 0.1) is 22.3 Å². The minimum atomic E-state index is -0.125. The predicted molar refractivity (Wildman–Crippen MR) is 530 cm³/mol. The SMILES string of the molecule is CC(=O)C=C(C)O.CC1(C)c2ccc[c-]c2-c2nccc3cccc1c23.Cc1ccc(-c2[c-]cccc2)nc1.Cc1ccc2c(c1)c1cccc3c1c1n2c(-c2c(C)cccc2C)c[n+]1C3.[Ir+3].[Ir].[c-]1ccccc1-c1[c-]ccc2ccccc12.c1ccc2c(c1)C[n+]1c-2n(-c2cccc3ccccc23)c2ccccc21.c1ccc2c(c1)C[n+]1ccn(-c3cccc4ccccc34)c1-2. The number of aryl methyl sites for hydroxylation is 4. The summed E-state index contributed by atoms with van der Waals surface area (Å²) in [6.45, 7) is 18.9. The maximum Gasteiger partial charge on any atom is 3.00 e. The zero-order valence-electron chi connectivity index (χ0n) is 74.7. The summed E-state index contributed by atoms with van der Waals surface area (Å²) in [5.74, 6) is 2.48. The van der Waals surface area contributed by atoms with Crippen LogP contribution in [0.4, 0.5) is 0 Å². The molecule has 12 heteroatoms. The van der Waals surface area contributed by atoms with E-state index in [0.29, 0.717) is 0 Å². The molecule has 0 saturated carbocycles. The van der Waals surface area contributed by atoms with Gasteiger partial charge in [-0.15, -0.1) is 100 Å². The van der Waals surface area contributed by atoms with Crippen LogP contribution in [0.5, 0.6) is 0 Å². The second-order valence-corrected chi connectivity index (χ2v) is 34.3. The third kappa shape index (κ3) is 16.7. The molecule has 0 fully saturated rings. The third-order valence-electron chi connectivity index (χ3n) is 25.4. The molecule has 22 aromatic rings. The number of fused-ring (bicyclic) bond motifs is 16. The summed E-state index contributed by atoms with van der Waals surface area (Å²) in [5, 5.41) is 22.6. The molecule has 3 aliphatic heterocycles. The molecular weight excluding hydrogens is 1970 g/mol. The Kier molecular flexibility index (Phi) is 25.1. The smallest absolute Gasteiger partial charge is 0.512 e. The van der Waals surface area contributed by atoms with Gasteiger partial charge in [0.25, 0.3) is 17.3 Å². The molecular formula is C120H95Ir2N8O2+2. The number of pyridine rings is 3. The summed E-state index contributed by atoms with van der Waals surface area (Å²) in [6.07, 6.45) is 11.6. The monoisotopic (exact) mass is 2070 g/mol. The van der Waals surface area contributed by atoms with Gasteiger partial charge in [-0.25, -0.2) is 24.8 Å². The first kappa shape index (κ1) is 87.9. The van der Waals surface area contributed by atoms with Gasteiger partial charge in [-0.2, -0.15) is 49.9 Å². The van der Waals surface area contributed by atoms with Crippen LogP contribution in [-0.4, -0.2) is 34.4 Å². The maximum absolute atomic E-state index is 10.0. The average molecular weight is 2070 g/mol. The molecule has 643 valence electrons. The van der Waals surface area contributed by atoms with Crippen molar-refractivity contribution >= 4 is 87.2 Å². The Bertz CT molecular complexity index is 8120. The fraction of sp³-hybridized carbons (Fsp3) is 0.100. The van der Waals surface area contributed by atoms with E-state index in [9.17, 15) is 4.79 Å². The molecule has 6 aromatic heterocycles. The van der Waals surface area contributed by atoms with E-state index >= 15 is 0 Å². The molecule has 4 aliphatic rings. The average Bonchev–Trinajstić information content (AvgIpc) is 1.57. The summed E-state index contributed by atoms with van der Waals surface area (Å²) in [4.78, 5) is 18.9. The number of aromatic nitrogens is 8. The minimum absolute atomic E-state index is 0. The molecule has 0 amide bonds. The number of aliphatic hydroxyl groups is 1. The fourth-order valence-corrected chi connectivity index (χ4v) is 19.5. The largest absolute Gasteiger partial charge is 3.00 e. The van der Waals surface area contributed by atoms with Crippen molar-refractivity contribution in [3.8, 4) is 79.0 Å². The third-order valence-corrected chi connectivity index (χ3v) is 25.4. The molecule has 1 N–H and O–H groups in total. The van der Waals surface area contributed by atoms with E-state index in [1.54, 1.807) is 0 Å². The molecule has 0 atom stereocenters. The first-order valence-electron chi connectivity index (χ1n) is 44.4. The van der Waals surface area contributed by atoms with Crippen LogP contribution in [0.25, 0.3) is 160 Å². The normalized spacial score (nSPS) is 12.2. The Balaban J connectivity index is 0.000000106. The van der Waals surface area contributed by atoms with Crippen LogP contribution in [-0.2, 0) is 70.1 Å². The van der Waals surface area contributed by atoms with Gasteiger partial charge in [-0.1, -0.05) is 232 Å². The number of benzene rings is 16. The van der Waals surface area contributed by atoms with Crippen LogP contribution in [0.1, 0.15) is 77.8 Å². The van der Waals surface area contributed by atoms with Gasteiger partial charge in [0.1, 0.15) is 55.1 Å². The molecule has 26 rings (SSSR count). The van der Waals surface area contributed by atoms with E-state index in [2.05, 4.69) is 406 Å². The van der Waals surface area contributed by atoms with E-state index in [-0.39, 0.29) is 57.2 Å². The van der Waals surface area contributed by atoms with Crippen molar-refractivity contribution in [2.45, 2.75) is 80.4 Å². The fourth-order valence-electron chi connectivity index (χ4n) is 19.5. The summed E-state index contributed by atoms with van der Waals surface area (Å²) >= 11 is 0. The molecule has 1 aliphatic carbocycles. The molecule has 132 heavy (non-hydrogen) atoms. The number of aliphatic hydroxyl groups excluding tert-OH is 1. The molecule has 0 spiro atoms. The quantitative estimate of drug-likeness (QED) is 0.0591. The second-order valence-electron chi connectivity index (χ2n) is 34.3. The number of para-hydroxylation sites is 2. The number of carbonyl (C=O) groups is 1. The molecule has 0 unspecified atom stereocenters. The first-order valence-corrected chi connectivity index (χ1v) is 44.4. The Morgan fingerprint density at radius 1 is 0.455 bits per heavy atom. The second kappa shape index (κ2) is 37.8. The van der Waals surface area contributed by atoms with Crippen LogP contribution in [0.15, 0.2) is 395 Å². The number of allylic oxidation sites excluding steroid dienone is 2. The zero-order chi connectivity index (χ0) is 88.7. The van der Waals surface area contributed by atoms with E-state index in [4.69, 9.17) is 5.11 Å². The number of carbonyl (C=O) groups excluding carboxylic acids is 1. The summed E-state index contributed by atoms with van der Waals surface area (Å²) < 4.78 is 14.4. The van der Waals surface area contributed by atoms with E-state index in [0.717, 1.165) is 53.3 Å². The predicted octanol–water partition coefficient (Wildman–Crippen LogP) is 26.9. The number of ketones is 1. The van der Waals surface area contributed by atoms with Gasteiger partial charge < -0.3 is 15.1 Å². The maximum atomic E-state index is 10.0. The van der Waals surface area contributed by atoms with Crippen molar-refractivity contribution < 1.29 is 63.8 Å². The Hall–Kier alpha value is -14.7. The van der Waals surface area contributed by atoms with Crippen molar-refractivity contribution in [3.05, 3.63) is 469 Å². The van der Waals surface area contributed by atoms with Crippen molar-refractivity contribution in [3.63, 3.8) is 0 Å². The molecule has 16 aromatic carbocycles. The van der Waals surface area contributed by atoms with Crippen molar-refractivity contribution in [1.82, 2.24) is 23.5 Å². The summed E-state index contributed by atoms with van der Waals surface area (Å²) in [7, 11) is 0. The van der Waals surface area contributed by atoms with Gasteiger partial charge in [-0.3, -0.25) is 4.79 Å². The van der Waals surface area contributed by atoms with Crippen LogP contribution in [0.3, 0.4) is 0 Å². The standard InChI is InChI=1S/C25H21N2.C24H17N2.C20H15N2.C18H14N.C16H10.C12H10N.C5H8O2.2Ir/c1-15-10-11-21-20(12-15)19-9-5-8-18-13-26-14-22(27(21)25(26)24(18)19)23-16(2)6-4-7-17(23)3;1-3-11-19-17(8-1)10-7-15-21(19)26-23-14-6-5-13-22(23)25-16-18-9-2-4-12-20(18)24(25)26;1-3-9-17-15(6-1)8-5-11-19(17)22-13-12-21-14-16-7-2-4-10-18(16)20(21)22;1-18(2)14-8-4-3-7-13(14)17-16-12(10-11-19-17)6-5-9-15(16)18;1-2-7-13(8-3-1)16-12-6-10-14-9-4-5-11-15(14)16;1-10-7-8-12(13-9-10)11-5-3-2-4-6-11;1-4(6)3-5(2)7;;/h4-12,14H,13H2,1-3H3;1-15H,16H2;1-13H,14H2;3-6,8-11H,1-2H3;1-7,9-11H;2-5,7-9H,1H3;3,6H,1-2H3;;/q3*+1;-1;-2;-1;;;+3. The van der Waals surface area contributed by atoms with Gasteiger partial charge in [0.15, 0.2) is 22.5 Å². The van der Waals surface area contributed by atoms with Crippen LogP contribution in [0.2, 0.25) is 0 Å². The zero-order valence-corrected chi connectivity index (χ0v) is 79.5. The Labute approximate surface area is 796 Å². The van der Waals surface area contributed by atoms with Gasteiger partial charge in [0.2, 0.25) is 0 Å².